The Labute approximate surface area is 198 Å². The van der Waals surface area contributed by atoms with Gasteiger partial charge in [0.05, 0.1) is 35.3 Å². The molecule has 9 heteroatoms. The lowest BCUT2D eigenvalue weighted by atomic mass is 9.92. The van der Waals surface area contributed by atoms with Crippen molar-refractivity contribution in [3.63, 3.8) is 0 Å². The number of rotatable bonds is 3. The summed E-state index contributed by atoms with van der Waals surface area (Å²) < 4.78 is 5.23. The summed E-state index contributed by atoms with van der Waals surface area (Å²) >= 11 is 3.86. The van der Waals surface area contributed by atoms with E-state index in [1.165, 1.54) is 38.6 Å². The van der Waals surface area contributed by atoms with Crippen molar-refractivity contribution < 1.29 is 0 Å². The Morgan fingerprint density at radius 3 is 1.82 bits per heavy atom. The van der Waals surface area contributed by atoms with Crippen LogP contribution in [-0.4, -0.2) is 9.55 Å². The third kappa shape index (κ3) is 2.58. The molecule has 0 saturated carbocycles. The number of aromatic amines is 1. The molecule has 6 rings (SSSR count). The molecule has 6 aromatic rings. The summed E-state index contributed by atoms with van der Waals surface area (Å²) in [4.78, 5) is 54.1. The largest absolute Gasteiger partial charge is 0.287 e. The van der Waals surface area contributed by atoms with Crippen molar-refractivity contribution in [1.29, 1.82) is 0 Å². The first-order valence-corrected chi connectivity index (χ1v) is 13.0. The van der Waals surface area contributed by atoms with Crippen molar-refractivity contribution in [2.24, 2.45) is 0 Å². The molecule has 0 atom stereocenters. The van der Waals surface area contributed by atoms with Gasteiger partial charge in [-0.15, -0.1) is 34.0 Å². The normalized spacial score (nSPS) is 12.7. The summed E-state index contributed by atoms with van der Waals surface area (Å²) in [5.74, 6) is 0.285. The number of fused-ring (bicyclic) bond motifs is 7. The van der Waals surface area contributed by atoms with Gasteiger partial charge in [-0.3, -0.25) is 24.2 Å². The molecular weight excluding hydrogens is 476 g/mol. The van der Waals surface area contributed by atoms with Crippen LogP contribution in [0.2, 0.25) is 0 Å². The fraction of sp³-hybridized carbons (Fsp3) is 0.250. The van der Waals surface area contributed by atoms with Crippen LogP contribution in [0.1, 0.15) is 50.7 Å². The first kappa shape index (κ1) is 20.7. The summed E-state index contributed by atoms with van der Waals surface area (Å²) in [6.07, 6.45) is 0. The number of para-hydroxylation sites is 1. The van der Waals surface area contributed by atoms with Gasteiger partial charge in [-0.05, 0) is 23.0 Å². The average Bonchev–Trinajstić information content (AvgIpc) is 3.49. The highest BCUT2D eigenvalue weighted by Gasteiger charge is 2.28. The van der Waals surface area contributed by atoms with E-state index >= 15 is 0 Å². The van der Waals surface area contributed by atoms with Gasteiger partial charge in [0.2, 0.25) is 0 Å². The number of nitrogens with one attached hydrogen (secondary N) is 1. The van der Waals surface area contributed by atoms with Crippen LogP contribution in [0.3, 0.4) is 0 Å². The van der Waals surface area contributed by atoms with Gasteiger partial charge in [-0.25, -0.2) is 4.57 Å². The molecule has 33 heavy (non-hydrogen) atoms. The summed E-state index contributed by atoms with van der Waals surface area (Å²) in [7, 11) is 0. The third-order valence-electron chi connectivity index (χ3n) is 6.18. The van der Waals surface area contributed by atoms with Crippen molar-refractivity contribution in [2.75, 3.05) is 0 Å². The number of hydrogen-bond donors (Lipinski definition) is 1. The molecule has 0 amide bonds. The highest BCUT2D eigenvalue weighted by atomic mass is 32.1. The molecule has 1 aromatic carbocycles. The van der Waals surface area contributed by atoms with Gasteiger partial charge >= 0.3 is 0 Å². The van der Waals surface area contributed by atoms with E-state index in [1.54, 1.807) is 0 Å². The quantitative estimate of drug-likeness (QED) is 0.368. The molecule has 166 valence electrons. The van der Waals surface area contributed by atoms with Crippen LogP contribution in [0.25, 0.3) is 44.7 Å². The lowest BCUT2D eigenvalue weighted by molar-refractivity contribution is 0.796. The molecule has 5 aromatic heterocycles. The molecule has 6 nitrogen and oxygen atoms in total. The standard InChI is InChI=1S/C24H18N2O4S3/c1-8(2)10-6-5-7-11(9(3)4)14(10)26-23(29)13-16-20(33-18(13)24(26)30)19-15(31-16)12-17(32-19)22(28)25-21(12)27/h5-9H,1-4H3,(H,25,27,28). The van der Waals surface area contributed by atoms with Crippen molar-refractivity contribution in [3.8, 4) is 5.69 Å². The molecule has 0 spiro atoms. The lowest BCUT2D eigenvalue weighted by Crippen LogP contribution is -2.26. The summed E-state index contributed by atoms with van der Waals surface area (Å²) in [5.41, 5.74) is 1.22. The molecule has 0 fully saturated rings. The zero-order chi connectivity index (χ0) is 23.3. The topological polar surface area (TPSA) is 89.0 Å². The summed E-state index contributed by atoms with van der Waals surface area (Å²) in [5, 5.41) is 0.808. The summed E-state index contributed by atoms with van der Waals surface area (Å²) in [6, 6.07) is 5.94. The van der Waals surface area contributed by atoms with E-state index in [-0.39, 0.29) is 28.5 Å². The Balaban J connectivity index is 1.76. The molecule has 0 aliphatic heterocycles. The maximum absolute atomic E-state index is 13.8. The molecule has 0 aliphatic rings. The number of benzene rings is 1. The second-order valence-electron chi connectivity index (χ2n) is 8.85. The first-order chi connectivity index (χ1) is 15.7. The first-order valence-electron chi connectivity index (χ1n) is 10.6. The second kappa shape index (κ2) is 6.82. The number of H-pyrrole nitrogens is 1. The Bertz CT molecular complexity index is 1940. The lowest BCUT2D eigenvalue weighted by Gasteiger charge is -2.19. The maximum Gasteiger partial charge on any atom is 0.276 e. The maximum atomic E-state index is 13.8. The predicted octanol–water partition coefficient (Wildman–Crippen LogP) is 5.17. The fourth-order valence-corrected chi connectivity index (χ4v) is 8.93. The van der Waals surface area contributed by atoms with E-state index in [1.807, 2.05) is 18.2 Å². The zero-order valence-electron chi connectivity index (χ0n) is 18.2. The second-order valence-corrected chi connectivity index (χ2v) is 11.9. The minimum Gasteiger partial charge on any atom is -0.287 e. The van der Waals surface area contributed by atoms with Crippen molar-refractivity contribution in [3.05, 3.63) is 70.7 Å². The minimum atomic E-state index is -0.400. The van der Waals surface area contributed by atoms with Gasteiger partial charge in [0.15, 0.2) is 0 Å². The summed E-state index contributed by atoms with van der Waals surface area (Å²) in [6.45, 7) is 8.23. The molecule has 1 N–H and O–H groups in total. The van der Waals surface area contributed by atoms with Gasteiger partial charge in [0.1, 0.15) is 9.40 Å². The Morgan fingerprint density at radius 1 is 0.667 bits per heavy atom. The molecule has 0 unspecified atom stereocenters. The van der Waals surface area contributed by atoms with E-state index in [0.717, 1.165) is 25.2 Å². The van der Waals surface area contributed by atoms with Crippen LogP contribution >= 0.6 is 34.0 Å². The van der Waals surface area contributed by atoms with Gasteiger partial charge < -0.3 is 0 Å². The minimum absolute atomic E-state index is 0.142. The van der Waals surface area contributed by atoms with Crippen LogP contribution < -0.4 is 22.2 Å². The Hall–Kier alpha value is -2.88. The Morgan fingerprint density at radius 2 is 1.21 bits per heavy atom. The van der Waals surface area contributed by atoms with Gasteiger partial charge in [-0.2, -0.15) is 0 Å². The van der Waals surface area contributed by atoms with Crippen LogP contribution in [-0.2, 0) is 0 Å². The number of nitrogens with zero attached hydrogens (tertiary/aromatic N) is 1. The van der Waals surface area contributed by atoms with E-state index in [4.69, 9.17) is 0 Å². The van der Waals surface area contributed by atoms with E-state index in [9.17, 15) is 19.2 Å². The number of aromatic nitrogens is 2. The van der Waals surface area contributed by atoms with Crippen LogP contribution in [0.4, 0.5) is 0 Å². The number of hydrogen-bond acceptors (Lipinski definition) is 7. The highest BCUT2D eigenvalue weighted by molar-refractivity contribution is 7.43. The van der Waals surface area contributed by atoms with E-state index in [2.05, 4.69) is 32.7 Å². The van der Waals surface area contributed by atoms with Crippen LogP contribution in [0.15, 0.2) is 37.4 Å². The van der Waals surface area contributed by atoms with Gasteiger partial charge in [0, 0.05) is 0 Å². The monoisotopic (exact) mass is 494 g/mol. The van der Waals surface area contributed by atoms with Crippen molar-refractivity contribution in [1.82, 2.24) is 9.55 Å². The van der Waals surface area contributed by atoms with Gasteiger partial charge in [0.25, 0.3) is 22.2 Å². The van der Waals surface area contributed by atoms with Crippen LogP contribution in [0, 0.1) is 0 Å². The molecule has 0 aliphatic carbocycles. The third-order valence-corrected chi connectivity index (χ3v) is 10.2. The highest BCUT2D eigenvalue weighted by Crippen LogP contribution is 2.47. The Kier molecular flexibility index (Phi) is 4.28. The molecule has 0 bridgehead atoms. The number of thiophene rings is 3. The zero-order valence-corrected chi connectivity index (χ0v) is 20.6. The van der Waals surface area contributed by atoms with E-state index < -0.39 is 5.56 Å². The fourth-order valence-electron chi connectivity index (χ4n) is 4.64. The molecular formula is C24H18N2O4S3. The predicted molar refractivity (Wildman–Crippen MR) is 139 cm³/mol. The van der Waals surface area contributed by atoms with Crippen molar-refractivity contribution >= 4 is 73.0 Å². The smallest absolute Gasteiger partial charge is 0.276 e. The average molecular weight is 495 g/mol. The van der Waals surface area contributed by atoms with Crippen LogP contribution in [0.5, 0.6) is 0 Å². The molecule has 0 saturated heterocycles. The molecule has 0 radical (unpaired) electrons. The van der Waals surface area contributed by atoms with E-state index in [0.29, 0.717) is 30.6 Å². The molecule has 5 heterocycles. The SMILES string of the molecule is CC(C)c1cccc(C(C)C)c1-n1c(=O)c2sc3c4sc5c(=O)[nH]c(=O)c5c4sc3c2c1=O. The van der Waals surface area contributed by atoms with Gasteiger partial charge in [-0.1, -0.05) is 45.9 Å². The van der Waals surface area contributed by atoms with Crippen molar-refractivity contribution in [2.45, 2.75) is 39.5 Å².